The van der Waals surface area contributed by atoms with Gasteiger partial charge in [0, 0.05) is 6.54 Å². The van der Waals surface area contributed by atoms with Gasteiger partial charge in [-0.3, -0.25) is 4.90 Å². The Morgan fingerprint density at radius 3 is 2.63 bits per heavy atom. The van der Waals surface area contributed by atoms with Crippen LogP contribution in [-0.2, 0) is 0 Å². The number of hydrogen-bond acceptors (Lipinski definition) is 3. The molecular formula is C16H26N2O. The molecule has 3 heteroatoms. The highest BCUT2D eigenvalue weighted by Gasteiger charge is 2.28. The summed E-state index contributed by atoms with van der Waals surface area (Å²) in [5.74, 6) is 1.53. The fourth-order valence-electron chi connectivity index (χ4n) is 2.86. The maximum absolute atomic E-state index is 5.56. The van der Waals surface area contributed by atoms with Gasteiger partial charge in [-0.1, -0.05) is 19.9 Å². The lowest BCUT2D eigenvalue weighted by molar-refractivity contribution is 0.299. The Kier molecular flexibility index (Phi) is 4.35. The minimum atomic E-state index is 0.483. The molecule has 1 aromatic rings. The summed E-state index contributed by atoms with van der Waals surface area (Å²) in [6.07, 6.45) is 2.95. The first-order valence-corrected chi connectivity index (χ1v) is 7.15. The third kappa shape index (κ3) is 2.86. The topological polar surface area (TPSA) is 15.7 Å². The minimum absolute atomic E-state index is 0.483. The summed E-state index contributed by atoms with van der Waals surface area (Å²) in [5.41, 5.74) is 2.62. The van der Waals surface area contributed by atoms with Gasteiger partial charge in [0.2, 0.25) is 0 Å². The van der Waals surface area contributed by atoms with Crippen molar-refractivity contribution in [2.24, 2.45) is 0 Å². The van der Waals surface area contributed by atoms with Gasteiger partial charge in [-0.15, -0.1) is 0 Å². The summed E-state index contributed by atoms with van der Waals surface area (Å²) in [7, 11) is 6.07. The molecule has 1 atom stereocenters. The van der Waals surface area contributed by atoms with E-state index in [1.165, 1.54) is 24.1 Å². The van der Waals surface area contributed by atoms with Crippen LogP contribution >= 0.6 is 0 Å². The van der Waals surface area contributed by atoms with Crippen molar-refractivity contribution in [1.29, 1.82) is 0 Å². The van der Waals surface area contributed by atoms with Crippen LogP contribution in [0.3, 0.4) is 0 Å². The molecular weight excluding hydrogens is 236 g/mol. The normalized spacial score (nSPS) is 19.5. The molecule has 1 aliphatic heterocycles. The highest BCUT2D eigenvalue weighted by atomic mass is 16.5. The second kappa shape index (κ2) is 5.83. The van der Waals surface area contributed by atoms with E-state index >= 15 is 0 Å². The average Bonchev–Trinajstić information content (AvgIpc) is 2.87. The molecule has 3 nitrogen and oxygen atoms in total. The van der Waals surface area contributed by atoms with Gasteiger partial charge in [-0.25, -0.2) is 0 Å². The van der Waals surface area contributed by atoms with Gasteiger partial charge in [0.25, 0.3) is 0 Å². The van der Waals surface area contributed by atoms with E-state index in [-0.39, 0.29) is 0 Å². The molecule has 0 saturated carbocycles. The van der Waals surface area contributed by atoms with Crippen LogP contribution in [0.4, 0.5) is 5.69 Å². The summed E-state index contributed by atoms with van der Waals surface area (Å²) in [6, 6.07) is 6.58. The Balaban J connectivity index is 2.38. The van der Waals surface area contributed by atoms with Crippen LogP contribution in [0.25, 0.3) is 0 Å². The number of rotatable bonds is 4. The summed E-state index contributed by atoms with van der Waals surface area (Å²) in [6.45, 7) is 5.58. The van der Waals surface area contributed by atoms with Gasteiger partial charge in [0.05, 0.1) is 19.0 Å². The predicted molar refractivity (Wildman–Crippen MR) is 81.1 cm³/mol. The lowest BCUT2D eigenvalue weighted by Crippen LogP contribution is -2.40. The van der Waals surface area contributed by atoms with Crippen molar-refractivity contribution in [1.82, 2.24) is 4.90 Å². The average molecular weight is 262 g/mol. The second-order valence-corrected chi connectivity index (χ2v) is 5.87. The molecule has 0 radical (unpaired) electrons. The molecule has 1 aromatic carbocycles. The quantitative estimate of drug-likeness (QED) is 0.828. The van der Waals surface area contributed by atoms with Crippen molar-refractivity contribution in [2.45, 2.75) is 38.8 Å². The Hall–Kier alpha value is -1.22. The van der Waals surface area contributed by atoms with Crippen molar-refractivity contribution in [3.63, 3.8) is 0 Å². The fraction of sp³-hybridized carbons (Fsp3) is 0.625. The predicted octanol–water partition coefficient (Wildman–Crippen LogP) is 3.31. The molecule has 19 heavy (non-hydrogen) atoms. The third-order valence-electron chi connectivity index (χ3n) is 4.00. The third-order valence-corrected chi connectivity index (χ3v) is 4.00. The summed E-state index contributed by atoms with van der Waals surface area (Å²) < 4.78 is 5.56. The van der Waals surface area contributed by atoms with Gasteiger partial charge in [-0.2, -0.15) is 0 Å². The Labute approximate surface area is 117 Å². The summed E-state index contributed by atoms with van der Waals surface area (Å²) in [4.78, 5) is 4.78. The van der Waals surface area contributed by atoms with Crippen LogP contribution < -0.4 is 9.64 Å². The van der Waals surface area contributed by atoms with Crippen LogP contribution in [0, 0.1) is 0 Å². The zero-order valence-electron chi connectivity index (χ0n) is 12.8. The van der Waals surface area contributed by atoms with E-state index in [1.807, 2.05) is 0 Å². The molecule has 1 fully saturated rings. The molecule has 1 aliphatic rings. The van der Waals surface area contributed by atoms with Gasteiger partial charge in [-0.05, 0) is 50.6 Å². The SMILES string of the molecule is COc1ccc(C(C)C)cc1N1CCC[C@H]1N(C)C. The van der Waals surface area contributed by atoms with Crippen LogP contribution in [0.5, 0.6) is 5.75 Å². The molecule has 2 rings (SSSR count). The van der Waals surface area contributed by atoms with E-state index in [2.05, 4.69) is 55.9 Å². The first-order chi connectivity index (χ1) is 9.04. The minimum Gasteiger partial charge on any atom is -0.495 e. The summed E-state index contributed by atoms with van der Waals surface area (Å²) >= 11 is 0. The van der Waals surface area contributed by atoms with E-state index in [4.69, 9.17) is 4.74 Å². The molecule has 0 bridgehead atoms. The van der Waals surface area contributed by atoms with Crippen molar-refractivity contribution >= 4 is 5.69 Å². The Morgan fingerprint density at radius 1 is 1.32 bits per heavy atom. The number of methoxy groups -OCH3 is 1. The van der Waals surface area contributed by atoms with Crippen LogP contribution in [0.15, 0.2) is 18.2 Å². The zero-order valence-corrected chi connectivity index (χ0v) is 12.8. The first kappa shape index (κ1) is 14.2. The van der Waals surface area contributed by atoms with E-state index < -0.39 is 0 Å². The number of anilines is 1. The van der Waals surface area contributed by atoms with E-state index in [0.717, 1.165) is 12.3 Å². The lowest BCUT2D eigenvalue weighted by Gasteiger charge is -2.33. The molecule has 106 valence electrons. The molecule has 0 aromatic heterocycles. The number of ether oxygens (including phenoxy) is 1. The fourth-order valence-corrected chi connectivity index (χ4v) is 2.86. The lowest BCUT2D eigenvalue weighted by atomic mass is 10.0. The standard InChI is InChI=1S/C16H26N2O/c1-12(2)13-8-9-15(19-5)14(11-13)18-10-6-7-16(18)17(3)4/h8-9,11-12,16H,6-7,10H2,1-5H3/t16-/m0/s1. The highest BCUT2D eigenvalue weighted by Crippen LogP contribution is 2.36. The van der Waals surface area contributed by atoms with E-state index in [1.54, 1.807) is 7.11 Å². The van der Waals surface area contributed by atoms with Gasteiger partial charge >= 0.3 is 0 Å². The van der Waals surface area contributed by atoms with Crippen LogP contribution in [0.2, 0.25) is 0 Å². The molecule has 0 spiro atoms. The maximum atomic E-state index is 5.56. The van der Waals surface area contributed by atoms with Gasteiger partial charge in [0.15, 0.2) is 0 Å². The molecule has 0 unspecified atom stereocenters. The largest absolute Gasteiger partial charge is 0.495 e. The van der Waals surface area contributed by atoms with Gasteiger partial charge in [0.1, 0.15) is 5.75 Å². The van der Waals surface area contributed by atoms with Crippen LogP contribution in [0.1, 0.15) is 38.2 Å². The van der Waals surface area contributed by atoms with Crippen molar-refractivity contribution in [3.05, 3.63) is 23.8 Å². The summed E-state index contributed by atoms with van der Waals surface area (Å²) in [5, 5.41) is 0. The highest BCUT2D eigenvalue weighted by molar-refractivity contribution is 5.61. The van der Waals surface area contributed by atoms with Crippen molar-refractivity contribution < 1.29 is 4.74 Å². The molecule has 1 saturated heterocycles. The Bertz CT molecular complexity index is 429. The zero-order chi connectivity index (χ0) is 14.0. The second-order valence-electron chi connectivity index (χ2n) is 5.87. The maximum Gasteiger partial charge on any atom is 0.142 e. The van der Waals surface area contributed by atoms with Crippen molar-refractivity contribution in [3.8, 4) is 5.75 Å². The molecule has 0 aliphatic carbocycles. The van der Waals surface area contributed by atoms with Gasteiger partial charge < -0.3 is 9.64 Å². The van der Waals surface area contributed by atoms with Crippen LogP contribution in [-0.4, -0.2) is 38.8 Å². The monoisotopic (exact) mass is 262 g/mol. The Morgan fingerprint density at radius 2 is 2.05 bits per heavy atom. The number of hydrogen-bond donors (Lipinski definition) is 0. The molecule has 0 N–H and O–H groups in total. The number of nitrogens with zero attached hydrogens (tertiary/aromatic N) is 2. The van der Waals surface area contributed by atoms with E-state index in [9.17, 15) is 0 Å². The number of benzene rings is 1. The first-order valence-electron chi connectivity index (χ1n) is 7.15. The van der Waals surface area contributed by atoms with E-state index in [0.29, 0.717) is 12.1 Å². The molecule has 1 heterocycles. The van der Waals surface area contributed by atoms with Crippen molar-refractivity contribution in [2.75, 3.05) is 32.6 Å². The smallest absolute Gasteiger partial charge is 0.142 e. The molecule has 0 amide bonds.